The van der Waals surface area contributed by atoms with E-state index in [1.807, 2.05) is 45.0 Å². The quantitative estimate of drug-likeness (QED) is 0.300. The normalized spacial score (nSPS) is 14.7. The van der Waals surface area contributed by atoms with Gasteiger partial charge in [0, 0.05) is 12.6 Å². The molecule has 1 N–H and O–H groups in total. The van der Waals surface area contributed by atoms with Crippen molar-refractivity contribution in [3.8, 4) is 0 Å². The minimum Gasteiger partial charge on any atom is -0.352 e. The molecule has 0 spiro atoms. The van der Waals surface area contributed by atoms with Crippen LogP contribution in [0.15, 0.2) is 77.7 Å². The van der Waals surface area contributed by atoms with Gasteiger partial charge in [-0.25, -0.2) is 12.8 Å². The summed E-state index contributed by atoms with van der Waals surface area (Å²) in [5, 5.41) is 3.15. The summed E-state index contributed by atoms with van der Waals surface area (Å²) in [6, 6.07) is 18.3. The summed E-state index contributed by atoms with van der Waals surface area (Å²) in [7, 11) is -4.25. The molecule has 3 aromatic rings. The van der Waals surface area contributed by atoms with Gasteiger partial charge in [0.25, 0.3) is 10.0 Å². The van der Waals surface area contributed by atoms with Crippen LogP contribution in [0.5, 0.6) is 0 Å². The lowest BCUT2D eigenvalue weighted by Gasteiger charge is -2.34. The molecule has 0 saturated heterocycles. The number of rotatable bonds is 11. The number of benzene rings is 3. The van der Waals surface area contributed by atoms with Crippen molar-refractivity contribution in [1.29, 1.82) is 0 Å². The first kappa shape index (κ1) is 31.2. The Morgan fingerprint density at radius 3 is 2.02 bits per heavy atom. The summed E-state index contributed by atoms with van der Waals surface area (Å²) in [6.45, 7) is 5.33. The Hall–Kier alpha value is -3.72. The lowest BCUT2D eigenvalue weighted by atomic mass is 9.95. The number of nitrogens with zero attached hydrogens (tertiary/aromatic N) is 2. The van der Waals surface area contributed by atoms with Crippen molar-refractivity contribution in [2.24, 2.45) is 0 Å². The topological polar surface area (TPSA) is 86.8 Å². The molecule has 1 atom stereocenters. The molecule has 0 heterocycles. The summed E-state index contributed by atoms with van der Waals surface area (Å²) in [5.74, 6) is -1.30. The lowest BCUT2D eigenvalue weighted by molar-refractivity contribution is -0.140. The zero-order valence-corrected chi connectivity index (χ0v) is 25.4. The van der Waals surface area contributed by atoms with E-state index in [-0.39, 0.29) is 23.4 Å². The highest BCUT2D eigenvalue weighted by atomic mass is 32.2. The van der Waals surface area contributed by atoms with Crippen molar-refractivity contribution in [2.75, 3.05) is 10.8 Å². The van der Waals surface area contributed by atoms with E-state index in [2.05, 4.69) is 5.32 Å². The van der Waals surface area contributed by atoms with E-state index in [1.165, 1.54) is 17.0 Å². The molecule has 3 aromatic carbocycles. The zero-order valence-electron chi connectivity index (χ0n) is 24.6. The Balaban J connectivity index is 1.69. The molecule has 1 unspecified atom stereocenters. The van der Waals surface area contributed by atoms with Crippen LogP contribution in [0.1, 0.15) is 62.1 Å². The van der Waals surface area contributed by atoms with Gasteiger partial charge in [0.2, 0.25) is 11.8 Å². The van der Waals surface area contributed by atoms with Crippen molar-refractivity contribution >= 4 is 27.5 Å². The first-order chi connectivity index (χ1) is 20.1. The minimum absolute atomic E-state index is 0.0690. The van der Waals surface area contributed by atoms with Crippen LogP contribution in [-0.4, -0.2) is 43.8 Å². The third-order valence-electron chi connectivity index (χ3n) is 7.81. The zero-order chi connectivity index (χ0) is 30.3. The number of hydrogen-bond donors (Lipinski definition) is 1. The first-order valence-corrected chi connectivity index (χ1v) is 16.0. The predicted octanol–water partition coefficient (Wildman–Crippen LogP) is 5.89. The SMILES string of the molecule is CCC(C(=O)NC1CCCCC1)N(Cc1ccc(C)cc1)C(=O)CN(c1ccc(C)cc1)S(=O)(=O)c1ccc(F)cc1. The number of nitrogens with one attached hydrogen (secondary N) is 1. The molecule has 0 aliphatic heterocycles. The van der Waals surface area contributed by atoms with Crippen molar-refractivity contribution < 1.29 is 22.4 Å². The average Bonchev–Trinajstić information content (AvgIpc) is 2.98. The number of amides is 2. The van der Waals surface area contributed by atoms with Gasteiger partial charge in [-0.2, -0.15) is 0 Å². The number of aryl methyl sites for hydroxylation is 2. The van der Waals surface area contributed by atoms with Crippen LogP contribution < -0.4 is 9.62 Å². The summed E-state index contributed by atoms with van der Waals surface area (Å²) < 4.78 is 42.4. The molecular weight excluding hydrogens is 553 g/mol. The predicted molar refractivity (Wildman–Crippen MR) is 163 cm³/mol. The van der Waals surface area contributed by atoms with E-state index in [9.17, 15) is 22.4 Å². The van der Waals surface area contributed by atoms with Crippen molar-refractivity contribution in [3.05, 3.63) is 95.3 Å². The minimum atomic E-state index is -4.25. The van der Waals surface area contributed by atoms with Crippen molar-refractivity contribution in [2.45, 2.75) is 82.8 Å². The Morgan fingerprint density at radius 1 is 0.881 bits per heavy atom. The number of sulfonamides is 1. The van der Waals surface area contributed by atoms with Gasteiger partial charge in [-0.15, -0.1) is 0 Å². The van der Waals surface area contributed by atoms with Gasteiger partial charge >= 0.3 is 0 Å². The maximum atomic E-state index is 14.2. The van der Waals surface area contributed by atoms with E-state index in [4.69, 9.17) is 0 Å². The monoisotopic (exact) mass is 593 g/mol. The molecule has 1 fully saturated rings. The number of anilines is 1. The number of halogens is 1. The van der Waals surface area contributed by atoms with Crippen LogP contribution in [0.4, 0.5) is 10.1 Å². The van der Waals surface area contributed by atoms with Crippen LogP contribution in [0.3, 0.4) is 0 Å². The Labute approximate surface area is 248 Å². The number of carbonyl (C=O) groups excluding carboxylic acids is 2. The Morgan fingerprint density at radius 2 is 1.45 bits per heavy atom. The number of hydrogen-bond acceptors (Lipinski definition) is 4. The number of carbonyl (C=O) groups is 2. The van der Waals surface area contributed by atoms with Crippen LogP contribution in [0, 0.1) is 19.7 Å². The molecular formula is C33H40FN3O4S. The van der Waals surface area contributed by atoms with E-state index in [1.54, 1.807) is 24.3 Å². The molecule has 9 heteroatoms. The summed E-state index contributed by atoms with van der Waals surface area (Å²) in [4.78, 5) is 29.1. The second-order valence-corrected chi connectivity index (χ2v) is 12.9. The summed E-state index contributed by atoms with van der Waals surface area (Å²) in [5.41, 5.74) is 3.12. The molecule has 2 amide bonds. The maximum absolute atomic E-state index is 14.2. The van der Waals surface area contributed by atoms with E-state index in [0.717, 1.165) is 65.2 Å². The third kappa shape index (κ3) is 7.76. The molecule has 42 heavy (non-hydrogen) atoms. The summed E-state index contributed by atoms with van der Waals surface area (Å²) >= 11 is 0. The second-order valence-electron chi connectivity index (χ2n) is 11.1. The standard InChI is InChI=1S/C33H40FN3O4S/c1-4-31(33(39)35-28-8-6-5-7-9-28)36(22-26-14-10-24(2)11-15-26)32(38)23-37(29-18-12-25(3)13-19-29)42(40,41)30-20-16-27(34)17-21-30/h10-21,28,31H,4-9,22-23H2,1-3H3,(H,35,39). The molecule has 0 bridgehead atoms. The Kier molecular flexibility index (Phi) is 10.4. The highest BCUT2D eigenvalue weighted by Gasteiger charge is 2.34. The third-order valence-corrected chi connectivity index (χ3v) is 9.60. The van der Waals surface area contributed by atoms with E-state index < -0.39 is 34.3 Å². The molecule has 224 valence electrons. The van der Waals surface area contributed by atoms with Gasteiger partial charge in [0.05, 0.1) is 10.6 Å². The van der Waals surface area contributed by atoms with Crippen molar-refractivity contribution in [1.82, 2.24) is 10.2 Å². The van der Waals surface area contributed by atoms with Gasteiger partial charge in [-0.3, -0.25) is 13.9 Å². The summed E-state index contributed by atoms with van der Waals surface area (Å²) in [6.07, 6.45) is 5.45. The van der Waals surface area contributed by atoms with Gasteiger partial charge in [-0.05, 0) is 75.1 Å². The van der Waals surface area contributed by atoms with Gasteiger partial charge in [0.1, 0.15) is 18.4 Å². The molecule has 1 aliphatic rings. The van der Waals surface area contributed by atoms with Gasteiger partial charge in [-0.1, -0.05) is 73.7 Å². The van der Waals surface area contributed by atoms with E-state index >= 15 is 0 Å². The van der Waals surface area contributed by atoms with Gasteiger partial charge < -0.3 is 10.2 Å². The highest BCUT2D eigenvalue weighted by Crippen LogP contribution is 2.26. The molecule has 0 radical (unpaired) electrons. The fourth-order valence-electron chi connectivity index (χ4n) is 5.33. The van der Waals surface area contributed by atoms with Crippen LogP contribution >= 0.6 is 0 Å². The first-order valence-electron chi connectivity index (χ1n) is 14.6. The fourth-order valence-corrected chi connectivity index (χ4v) is 6.74. The molecule has 1 saturated carbocycles. The molecule has 7 nitrogen and oxygen atoms in total. The smallest absolute Gasteiger partial charge is 0.264 e. The lowest BCUT2D eigenvalue weighted by Crippen LogP contribution is -2.54. The van der Waals surface area contributed by atoms with Crippen LogP contribution in [0.25, 0.3) is 0 Å². The molecule has 4 rings (SSSR count). The maximum Gasteiger partial charge on any atom is 0.264 e. The van der Waals surface area contributed by atoms with Gasteiger partial charge in [0.15, 0.2) is 0 Å². The Bertz CT molecular complexity index is 1450. The van der Waals surface area contributed by atoms with Crippen molar-refractivity contribution in [3.63, 3.8) is 0 Å². The van der Waals surface area contributed by atoms with Crippen LogP contribution in [-0.2, 0) is 26.2 Å². The second kappa shape index (κ2) is 14.0. The molecule has 1 aliphatic carbocycles. The highest BCUT2D eigenvalue weighted by molar-refractivity contribution is 7.92. The average molecular weight is 594 g/mol. The van der Waals surface area contributed by atoms with E-state index in [0.29, 0.717) is 12.1 Å². The fraction of sp³-hybridized carbons (Fsp3) is 0.394. The largest absolute Gasteiger partial charge is 0.352 e. The van der Waals surface area contributed by atoms with Crippen LogP contribution in [0.2, 0.25) is 0 Å². The molecule has 0 aromatic heterocycles.